The van der Waals surface area contributed by atoms with Gasteiger partial charge in [0.15, 0.2) is 0 Å². The summed E-state index contributed by atoms with van der Waals surface area (Å²) < 4.78 is 0. The van der Waals surface area contributed by atoms with Gasteiger partial charge in [0.2, 0.25) is 0 Å². The van der Waals surface area contributed by atoms with Crippen molar-refractivity contribution in [3.8, 4) is 0 Å². The number of benzene rings is 1. The molecule has 1 aromatic carbocycles. The standard InChI is InChI=1S/C12H18N4O2/c1-15-6-5-9(8-15)7-14-11-4-2-3-10(13)12(11)16(17)18/h2-4,9,14H,5-8,13H2,1H3. The molecule has 3 N–H and O–H groups in total. The third kappa shape index (κ3) is 2.70. The molecule has 2 rings (SSSR count). The van der Waals surface area contributed by atoms with Crippen molar-refractivity contribution in [2.45, 2.75) is 6.42 Å². The van der Waals surface area contributed by atoms with Gasteiger partial charge in [-0.25, -0.2) is 0 Å². The minimum absolute atomic E-state index is 0.0242. The fourth-order valence-electron chi connectivity index (χ4n) is 2.35. The van der Waals surface area contributed by atoms with Crippen LogP contribution in [0.5, 0.6) is 0 Å². The van der Waals surface area contributed by atoms with Gasteiger partial charge in [0.25, 0.3) is 0 Å². The second-order valence-electron chi connectivity index (χ2n) is 4.80. The summed E-state index contributed by atoms with van der Waals surface area (Å²) in [7, 11) is 2.09. The number of anilines is 2. The fourth-order valence-corrected chi connectivity index (χ4v) is 2.35. The second-order valence-corrected chi connectivity index (χ2v) is 4.80. The minimum atomic E-state index is -0.432. The van der Waals surface area contributed by atoms with E-state index < -0.39 is 4.92 Å². The Morgan fingerprint density at radius 2 is 2.39 bits per heavy atom. The van der Waals surface area contributed by atoms with Crippen LogP contribution < -0.4 is 11.1 Å². The number of nitro groups is 1. The lowest BCUT2D eigenvalue weighted by Gasteiger charge is -2.13. The van der Waals surface area contributed by atoms with Crippen LogP contribution in [0.4, 0.5) is 17.1 Å². The van der Waals surface area contributed by atoms with Crippen LogP contribution in [0.1, 0.15) is 6.42 Å². The van der Waals surface area contributed by atoms with Gasteiger partial charge in [0.1, 0.15) is 11.4 Å². The maximum absolute atomic E-state index is 11.0. The first kappa shape index (κ1) is 12.6. The molecule has 1 fully saturated rings. The van der Waals surface area contributed by atoms with Crippen LogP contribution >= 0.6 is 0 Å². The molecular weight excluding hydrogens is 232 g/mol. The summed E-state index contributed by atoms with van der Waals surface area (Å²) in [5.74, 6) is 0.538. The Hall–Kier alpha value is -1.82. The summed E-state index contributed by atoms with van der Waals surface area (Å²) in [6, 6.07) is 4.98. The summed E-state index contributed by atoms with van der Waals surface area (Å²) in [4.78, 5) is 12.8. The number of nitro benzene ring substituents is 1. The first-order chi connectivity index (χ1) is 8.58. The van der Waals surface area contributed by atoms with Gasteiger partial charge in [0, 0.05) is 13.1 Å². The van der Waals surface area contributed by atoms with E-state index in [1.807, 2.05) is 0 Å². The SMILES string of the molecule is CN1CCC(CNc2cccc(N)c2[N+](=O)[O-])C1. The molecule has 1 aliphatic heterocycles. The molecule has 0 aliphatic carbocycles. The Morgan fingerprint density at radius 3 is 3.00 bits per heavy atom. The maximum atomic E-state index is 11.0. The zero-order chi connectivity index (χ0) is 13.1. The van der Waals surface area contributed by atoms with Gasteiger partial charge < -0.3 is 16.0 Å². The molecule has 1 aromatic rings. The molecule has 98 valence electrons. The van der Waals surface area contributed by atoms with Crippen molar-refractivity contribution in [1.82, 2.24) is 4.90 Å². The number of rotatable bonds is 4. The Bertz CT molecular complexity index is 450. The van der Waals surface area contributed by atoms with Crippen molar-refractivity contribution in [1.29, 1.82) is 0 Å². The normalized spacial score (nSPS) is 19.9. The largest absolute Gasteiger partial charge is 0.393 e. The monoisotopic (exact) mass is 250 g/mol. The van der Waals surface area contributed by atoms with Crippen LogP contribution in [0, 0.1) is 16.0 Å². The van der Waals surface area contributed by atoms with Crippen molar-refractivity contribution >= 4 is 17.1 Å². The molecular formula is C12H18N4O2. The van der Waals surface area contributed by atoms with Gasteiger partial charge in [-0.05, 0) is 38.1 Å². The summed E-state index contributed by atoms with van der Waals surface area (Å²) in [6.07, 6.45) is 1.12. The highest BCUT2D eigenvalue weighted by Gasteiger charge is 2.22. The predicted molar refractivity (Wildman–Crippen MR) is 71.6 cm³/mol. The molecule has 6 heteroatoms. The van der Waals surface area contributed by atoms with Crippen LogP contribution in [0.25, 0.3) is 0 Å². The average Bonchev–Trinajstić information content (AvgIpc) is 2.72. The lowest BCUT2D eigenvalue weighted by molar-refractivity contribution is -0.383. The molecule has 1 unspecified atom stereocenters. The van der Waals surface area contributed by atoms with E-state index in [1.54, 1.807) is 18.2 Å². The Morgan fingerprint density at radius 1 is 1.61 bits per heavy atom. The average molecular weight is 250 g/mol. The molecule has 1 aliphatic rings. The van der Waals surface area contributed by atoms with Crippen molar-refractivity contribution < 1.29 is 4.92 Å². The van der Waals surface area contributed by atoms with Crippen LogP contribution in [0.2, 0.25) is 0 Å². The molecule has 0 radical (unpaired) electrons. The van der Waals surface area contributed by atoms with Crippen molar-refractivity contribution in [3.63, 3.8) is 0 Å². The highest BCUT2D eigenvalue weighted by Crippen LogP contribution is 2.30. The van der Waals surface area contributed by atoms with Crippen LogP contribution in [-0.2, 0) is 0 Å². The predicted octanol–water partition coefficient (Wildman–Crippen LogP) is 1.54. The molecule has 1 saturated heterocycles. The highest BCUT2D eigenvalue weighted by atomic mass is 16.6. The van der Waals surface area contributed by atoms with Gasteiger partial charge >= 0.3 is 5.69 Å². The number of nitrogens with two attached hydrogens (primary N) is 1. The van der Waals surface area contributed by atoms with E-state index in [4.69, 9.17) is 5.73 Å². The summed E-state index contributed by atoms with van der Waals surface area (Å²) in [6.45, 7) is 2.86. The molecule has 1 heterocycles. The van der Waals surface area contributed by atoms with Crippen LogP contribution in [-0.4, -0.2) is 36.5 Å². The molecule has 0 aromatic heterocycles. The number of nitrogen functional groups attached to an aromatic ring is 1. The first-order valence-electron chi connectivity index (χ1n) is 6.03. The van der Waals surface area contributed by atoms with E-state index >= 15 is 0 Å². The third-order valence-corrected chi connectivity index (χ3v) is 3.32. The number of hydrogen-bond acceptors (Lipinski definition) is 5. The lowest BCUT2D eigenvalue weighted by atomic mass is 10.1. The van der Waals surface area contributed by atoms with E-state index in [-0.39, 0.29) is 11.4 Å². The number of hydrogen-bond donors (Lipinski definition) is 2. The fraction of sp³-hybridized carbons (Fsp3) is 0.500. The smallest absolute Gasteiger partial charge is 0.314 e. The van der Waals surface area contributed by atoms with E-state index in [2.05, 4.69) is 17.3 Å². The molecule has 0 bridgehead atoms. The molecule has 0 saturated carbocycles. The number of para-hydroxylation sites is 1. The van der Waals surface area contributed by atoms with Gasteiger partial charge in [-0.2, -0.15) is 0 Å². The molecule has 6 nitrogen and oxygen atoms in total. The minimum Gasteiger partial charge on any atom is -0.393 e. The number of likely N-dealkylation sites (tertiary alicyclic amines) is 1. The Kier molecular flexibility index (Phi) is 3.66. The Balaban J connectivity index is 2.05. The molecule has 18 heavy (non-hydrogen) atoms. The first-order valence-corrected chi connectivity index (χ1v) is 6.03. The van der Waals surface area contributed by atoms with Gasteiger partial charge in [-0.15, -0.1) is 0 Å². The lowest BCUT2D eigenvalue weighted by Crippen LogP contribution is -2.19. The summed E-state index contributed by atoms with van der Waals surface area (Å²) >= 11 is 0. The van der Waals surface area contributed by atoms with E-state index in [0.717, 1.165) is 26.1 Å². The van der Waals surface area contributed by atoms with E-state index in [1.165, 1.54) is 0 Å². The third-order valence-electron chi connectivity index (χ3n) is 3.32. The van der Waals surface area contributed by atoms with Crippen LogP contribution in [0.15, 0.2) is 18.2 Å². The van der Waals surface area contributed by atoms with Crippen molar-refractivity contribution in [2.75, 3.05) is 37.7 Å². The zero-order valence-corrected chi connectivity index (χ0v) is 10.4. The topological polar surface area (TPSA) is 84.4 Å². The van der Waals surface area contributed by atoms with E-state index in [0.29, 0.717) is 11.6 Å². The van der Waals surface area contributed by atoms with Crippen molar-refractivity contribution in [3.05, 3.63) is 28.3 Å². The second kappa shape index (κ2) is 5.22. The van der Waals surface area contributed by atoms with Crippen LogP contribution in [0.3, 0.4) is 0 Å². The van der Waals surface area contributed by atoms with Crippen molar-refractivity contribution in [2.24, 2.45) is 5.92 Å². The highest BCUT2D eigenvalue weighted by molar-refractivity contribution is 5.74. The summed E-state index contributed by atoms with van der Waals surface area (Å²) in [5.41, 5.74) is 6.33. The quantitative estimate of drug-likeness (QED) is 0.481. The Labute approximate surface area is 106 Å². The number of nitrogens with one attached hydrogen (secondary N) is 1. The van der Waals surface area contributed by atoms with E-state index in [9.17, 15) is 10.1 Å². The maximum Gasteiger partial charge on any atom is 0.314 e. The van der Waals surface area contributed by atoms with Gasteiger partial charge in [-0.1, -0.05) is 6.07 Å². The zero-order valence-electron chi connectivity index (χ0n) is 10.4. The molecule has 0 amide bonds. The molecule has 0 spiro atoms. The van der Waals surface area contributed by atoms with Gasteiger partial charge in [0.05, 0.1) is 4.92 Å². The van der Waals surface area contributed by atoms with Gasteiger partial charge in [-0.3, -0.25) is 10.1 Å². The molecule has 1 atom stereocenters. The number of nitrogens with zero attached hydrogens (tertiary/aromatic N) is 2. The summed E-state index contributed by atoms with van der Waals surface area (Å²) in [5, 5.41) is 14.1.